The third-order valence-electron chi connectivity index (χ3n) is 4.52. The van der Waals surface area contributed by atoms with Crippen LogP contribution in [-0.2, 0) is 19.6 Å². The molecule has 32 heavy (non-hydrogen) atoms. The van der Waals surface area contributed by atoms with Gasteiger partial charge in [-0.05, 0) is 44.3 Å². The Morgan fingerprint density at radius 3 is 2.09 bits per heavy atom. The van der Waals surface area contributed by atoms with Crippen molar-refractivity contribution in [3.05, 3.63) is 70.9 Å². The van der Waals surface area contributed by atoms with Crippen LogP contribution >= 0.6 is 12.4 Å². The van der Waals surface area contributed by atoms with Crippen LogP contribution in [0.15, 0.2) is 59.1 Å². The van der Waals surface area contributed by atoms with E-state index in [1.807, 2.05) is 6.92 Å². The Balaban J connectivity index is 0.000000770. The second-order valence-electron chi connectivity index (χ2n) is 6.72. The highest BCUT2D eigenvalue weighted by molar-refractivity contribution is 7.89. The molecular formula is C22H28ClN3O5S. The van der Waals surface area contributed by atoms with E-state index in [4.69, 9.17) is 10.5 Å². The van der Waals surface area contributed by atoms with E-state index in [-0.39, 0.29) is 34.2 Å². The summed E-state index contributed by atoms with van der Waals surface area (Å²) in [4.78, 5) is 24.3. The summed E-state index contributed by atoms with van der Waals surface area (Å²) in [5, 5.41) is 3.11. The van der Waals surface area contributed by atoms with Gasteiger partial charge < -0.3 is 15.8 Å². The van der Waals surface area contributed by atoms with Gasteiger partial charge in [0, 0.05) is 12.6 Å². The quantitative estimate of drug-likeness (QED) is 0.634. The summed E-state index contributed by atoms with van der Waals surface area (Å²) < 4.78 is 31.3. The lowest BCUT2D eigenvalue weighted by atomic mass is 10.1. The van der Waals surface area contributed by atoms with Crippen molar-refractivity contribution in [2.24, 2.45) is 5.73 Å². The Bertz CT molecular complexity index is 1100. The first-order valence-corrected chi connectivity index (χ1v) is 11.2. The van der Waals surface area contributed by atoms with Gasteiger partial charge in [-0.3, -0.25) is 9.10 Å². The lowest BCUT2D eigenvalue weighted by molar-refractivity contribution is -0.115. The fourth-order valence-corrected chi connectivity index (χ4v) is 4.28. The number of halogens is 1. The lowest BCUT2D eigenvalue weighted by Crippen LogP contribution is -2.38. The average Bonchev–Trinajstić information content (AvgIpc) is 2.73. The average molecular weight is 482 g/mol. The standard InChI is InChI=1S/C18H16N2O5S.C4H11N.ClH/c1-11-7-9-12(10-8-11)18(22)25-16-13-5-3-4-6-14(13)26(23,24)20(2)15(16)17(19)21;1-3-5-4-2;/h3-10H,1-2H3,(H2,19,21);5H,3-4H2,1-2H3;1H. The third kappa shape index (κ3) is 5.87. The highest BCUT2D eigenvalue weighted by Gasteiger charge is 2.38. The molecule has 0 aromatic heterocycles. The zero-order valence-corrected chi connectivity index (χ0v) is 20.0. The minimum absolute atomic E-state index is 0. The molecule has 8 nitrogen and oxygen atoms in total. The second-order valence-corrected chi connectivity index (χ2v) is 8.66. The second kappa shape index (κ2) is 11.7. The monoisotopic (exact) mass is 481 g/mol. The normalized spacial score (nSPS) is 13.8. The number of carbonyl (C=O) groups is 2. The predicted octanol–water partition coefficient (Wildman–Crippen LogP) is 2.68. The van der Waals surface area contributed by atoms with E-state index in [9.17, 15) is 18.0 Å². The van der Waals surface area contributed by atoms with Gasteiger partial charge in [0.25, 0.3) is 15.9 Å². The van der Waals surface area contributed by atoms with Gasteiger partial charge in [-0.2, -0.15) is 0 Å². The summed E-state index contributed by atoms with van der Waals surface area (Å²) in [6.45, 7) is 8.26. The fourth-order valence-electron chi connectivity index (χ4n) is 2.88. The molecule has 1 heterocycles. The number of likely N-dealkylation sites (N-methyl/N-ethyl adjacent to an activating group) is 1. The molecule has 174 valence electrons. The molecule has 0 spiro atoms. The number of ether oxygens (including phenoxy) is 1. The van der Waals surface area contributed by atoms with Crippen LogP contribution in [0.2, 0.25) is 0 Å². The summed E-state index contributed by atoms with van der Waals surface area (Å²) in [7, 11) is -2.78. The Kier molecular flexibility index (Phi) is 9.89. The van der Waals surface area contributed by atoms with E-state index in [1.165, 1.54) is 19.2 Å². The summed E-state index contributed by atoms with van der Waals surface area (Å²) >= 11 is 0. The number of benzene rings is 2. The summed E-state index contributed by atoms with van der Waals surface area (Å²) in [6.07, 6.45) is 0. The maximum absolute atomic E-state index is 12.6. The first-order chi connectivity index (χ1) is 14.6. The van der Waals surface area contributed by atoms with Crippen LogP contribution < -0.4 is 11.1 Å². The molecule has 1 aliphatic rings. The molecule has 10 heteroatoms. The summed E-state index contributed by atoms with van der Waals surface area (Å²) in [5.41, 5.74) is 6.31. The van der Waals surface area contributed by atoms with Gasteiger partial charge in [-0.25, -0.2) is 13.2 Å². The van der Waals surface area contributed by atoms with Gasteiger partial charge in [0.2, 0.25) is 0 Å². The molecule has 0 radical (unpaired) electrons. The largest absolute Gasteiger partial charge is 0.420 e. The number of aryl methyl sites for hydroxylation is 1. The smallest absolute Gasteiger partial charge is 0.343 e. The van der Waals surface area contributed by atoms with Gasteiger partial charge >= 0.3 is 5.97 Å². The van der Waals surface area contributed by atoms with Crippen molar-refractivity contribution in [2.45, 2.75) is 25.7 Å². The van der Waals surface area contributed by atoms with E-state index in [2.05, 4.69) is 19.2 Å². The summed E-state index contributed by atoms with van der Waals surface area (Å²) in [6, 6.07) is 12.6. The number of fused-ring (bicyclic) bond motifs is 1. The zero-order chi connectivity index (χ0) is 23.2. The number of nitrogens with zero attached hydrogens (tertiary/aromatic N) is 1. The number of nitrogens with two attached hydrogens (primary N) is 1. The van der Waals surface area contributed by atoms with Gasteiger partial charge in [0.05, 0.1) is 10.5 Å². The van der Waals surface area contributed by atoms with Crippen LogP contribution in [0.4, 0.5) is 0 Å². The van der Waals surface area contributed by atoms with E-state index >= 15 is 0 Å². The zero-order valence-electron chi connectivity index (χ0n) is 18.4. The van der Waals surface area contributed by atoms with Crippen molar-refractivity contribution in [1.82, 2.24) is 9.62 Å². The van der Waals surface area contributed by atoms with Crippen molar-refractivity contribution in [3.63, 3.8) is 0 Å². The lowest BCUT2D eigenvalue weighted by Gasteiger charge is -2.29. The molecule has 0 atom stereocenters. The number of nitrogens with one attached hydrogen (secondary N) is 1. The number of primary amides is 1. The van der Waals surface area contributed by atoms with E-state index < -0.39 is 27.6 Å². The minimum Gasteiger partial charge on any atom is -0.420 e. The number of rotatable bonds is 5. The molecule has 2 aromatic rings. The number of sulfonamides is 1. The van der Waals surface area contributed by atoms with Crippen LogP contribution in [0.3, 0.4) is 0 Å². The molecule has 0 saturated carbocycles. The van der Waals surface area contributed by atoms with Crippen LogP contribution in [0.25, 0.3) is 5.76 Å². The van der Waals surface area contributed by atoms with Gasteiger partial charge in [-0.1, -0.05) is 43.7 Å². The van der Waals surface area contributed by atoms with Crippen LogP contribution in [0.1, 0.15) is 35.3 Å². The molecule has 0 bridgehead atoms. The molecular weight excluding hydrogens is 454 g/mol. The molecule has 0 fully saturated rings. The van der Waals surface area contributed by atoms with Crippen LogP contribution in [0, 0.1) is 6.92 Å². The van der Waals surface area contributed by atoms with Crippen molar-refractivity contribution in [3.8, 4) is 0 Å². The van der Waals surface area contributed by atoms with E-state index in [0.29, 0.717) is 0 Å². The molecule has 3 rings (SSSR count). The molecule has 1 aliphatic heterocycles. The number of carbonyl (C=O) groups excluding carboxylic acids is 2. The van der Waals surface area contributed by atoms with Crippen LogP contribution in [-0.4, -0.2) is 44.7 Å². The van der Waals surface area contributed by atoms with Crippen molar-refractivity contribution in [1.29, 1.82) is 0 Å². The predicted molar refractivity (Wildman–Crippen MR) is 126 cm³/mol. The fraction of sp³-hybridized carbons (Fsp3) is 0.273. The van der Waals surface area contributed by atoms with Gasteiger partial charge in [0.15, 0.2) is 11.5 Å². The molecule has 2 aromatic carbocycles. The molecule has 3 N–H and O–H groups in total. The molecule has 0 aliphatic carbocycles. The number of hydrogen-bond acceptors (Lipinski definition) is 6. The molecule has 0 saturated heterocycles. The van der Waals surface area contributed by atoms with Crippen molar-refractivity contribution < 1.29 is 22.7 Å². The van der Waals surface area contributed by atoms with Crippen molar-refractivity contribution >= 4 is 40.1 Å². The SMILES string of the molecule is CCNCC.Cc1ccc(C(=O)OC2=C(C(N)=O)N(C)S(=O)(=O)c3ccccc32)cc1.Cl. The number of esters is 1. The molecule has 1 amide bonds. The Hall–Kier alpha value is -2.88. The first kappa shape index (κ1) is 27.2. The highest BCUT2D eigenvalue weighted by Crippen LogP contribution is 2.36. The van der Waals surface area contributed by atoms with Gasteiger partial charge in [0.1, 0.15) is 0 Å². The van der Waals surface area contributed by atoms with Crippen LogP contribution in [0.5, 0.6) is 0 Å². The third-order valence-corrected chi connectivity index (χ3v) is 6.33. The van der Waals surface area contributed by atoms with E-state index in [0.717, 1.165) is 23.0 Å². The maximum Gasteiger partial charge on any atom is 0.343 e. The Morgan fingerprint density at radius 2 is 1.59 bits per heavy atom. The summed E-state index contributed by atoms with van der Waals surface area (Å²) in [5.74, 6) is -1.92. The Labute approximate surface area is 194 Å². The minimum atomic E-state index is -3.97. The maximum atomic E-state index is 12.6. The van der Waals surface area contributed by atoms with Gasteiger partial charge in [-0.15, -0.1) is 12.4 Å². The number of amides is 1. The highest BCUT2D eigenvalue weighted by atomic mass is 35.5. The topological polar surface area (TPSA) is 119 Å². The van der Waals surface area contributed by atoms with E-state index in [1.54, 1.807) is 36.4 Å². The number of hydrogen-bond donors (Lipinski definition) is 2. The van der Waals surface area contributed by atoms with Crippen molar-refractivity contribution in [2.75, 3.05) is 20.1 Å². The Morgan fingerprint density at radius 1 is 1.03 bits per heavy atom. The first-order valence-electron chi connectivity index (χ1n) is 9.77. The molecule has 0 unspecified atom stereocenters.